The molecule has 3 aromatic carbocycles. The van der Waals surface area contributed by atoms with E-state index in [1.54, 1.807) is 0 Å². The number of nitrogens with one attached hydrogen (secondary N) is 2. The summed E-state index contributed by atoms with van der Waals surface area (Å²) in [5.74, 6) is -0.933. The fourth-order valence-corrected chi connectivity index (χ4v) is 5.11. The summed E-state index contributed by atoms with van der Waals surface area (Å²) in [4.78, 5) is 26.7. The third kappa shape index (κ3) is 5.63. The number of carboxylic acids is 1. The molecule has 0 saturated heterocycles. The number of aryl methyl sites for hydroxylation is 1. The van der Waals surface area contributed by atoms with E-state index in [-0.39, 0.29) is 30.7 Å². The van der Waals surface area contributed by atoms with Crippen LogP contribution in [-0.4, -0.2) is 28.5 Å². The zero-order valence-corrected chi connectivity index (χ0v) is 21.3. The van der Waals surface area contributed by atoms with Crippen LogP contribution in [0.4, 0.5) is 0 Å². The van der Waals surface area contributed by atoms with Crippen molar-refractivity contribution >= 4 is 34.4 Å². The first-order chi connectivity index (χ1) is 17.4. The van der Waals surface area contributed by atoms with Crippen LogP contribution < -0.4 is 5.32 Å². The third-order valence-corrected chi connectivity index (χ3v) is 7.00. The van der Waals surface area contributed by atoms with Gasteiger partial charge in [-0.1, -0.05) is 67.4 Å². The van der Waals surface area contributed by atoms with Gasteiger partial charge in [0.15, 0.2) is 0 Å². The molecule has 3 N–H and O–H groups in total. The highest BCUT2D eigenvalue weighted by atomic mass is 35.5. The number of para-hydroxylation sites is 1. The van der Waals surface area contributed by atoms with Crippen molar-refractivity contribution in [2.75, 3.05) is 6.54 Å². The van der Waals surface area contributed by atoms with Gasteiger partial charge in [0.2, 0.25) is 0 Å². The smallest absolute Gasteiger partial charge is 0.305 e. The summed E-state index contributed by atoms with van der Waals surface area (Å²) in [6.07, 6.45) is 4.00. The minimum absolute atomic E-state index is 0.0907. The summed E-state index contributed by atoms with van der Waals surface area (Å²) in [5.41, 5.74) is 6.46. The van der Waals surface area contributed by atoms with Gasteiger partial charge in [0.05, 0.1) is 6.42 Å². The molecule has 0 bridgehead atoms. The molecular formula is C30H31ClN2O3. The molecule has 0 aliphatic carbocycles. The van der Waals surface area contributed by atoms with Crippen molar-refractivity contribution in [2.24, 2.45) is 0 Å². The Morgan fingerprint density at radius 2 is 1.69 bits per heavy atom. The number of carbonyl (C=O) groups is 2. The predicted octanol–water partition coefficient (Wildman–Crippen LogP) is 7.05. The molecule has 0 aliphatic heterocycles. The Balaban J connectivity index is 1.73. The van der Waals surface area contributed by atoms with Crippen molar-refractivity contribution in [3.05, 3.63) is 106 Å². The van der Waals surface area contributed by atoms with E-state index in [1.807, 2.05) is 36.4 Å². The fraction of sp³-hybridized carbons (Fsp3) is 0.267. The van der Waals surface area contributed by atoms with Crippen LogP contribution in [0.1, 0.15) is 70.6 Å². The molecule has 2 atom stereocenters. The summed E-state index contributed by atoms with van der Waals surface area (Å²) >= 11 is 6.24. The number of fused-ring (bicyclic) bond motifs is 1. The number of amides is 1. The first-order valence-corrected chi connectivity index (χ1v) is 12.7. The van der Waals surface area contributed by atoms with Crippen molar-refractivity contribution in [2.45, 2.75) is 44.9 Å². The molecule has 0 fully saturated rings. The van der Waals surface area contributed by atoms with E-state index >= 15 is 0 Å². The SMILES string of the molecule is CCCC(c1ccc(C(=O)NCCC(=O)O)cc1)C(c1ccc(Cl)cc1)c1c[nH]c2c(C)cccc12. The van der Waals surface area contributed by atoms with Gasteiger partial charge in [0.1, 0.15) is 0 Å². The van der Waals surface area contributed by atoms with Gasteiger partial charge >= 0.3 is 5.97 Å². The molecule has 4 rings (SSSR count). The average molecular weight is 503 g/mol. The van der Waals surface area contributed by atoms with Gasteiger partial charge in [0.25, 0.3) is 5.91 Å². The Hall–Kier alpha value is -3.57. The second-order valence-electron chi connectivity index (χ2n) is 9.19. The number of hydrogen-bond donors (Lipinski definition) is 3. The zero-order valence-electron chi connectivity index (χ0n) is 20.6. The lowest BCUT2D eigenvalue weighted by molar-refractivity contribution is -0.136. The first kappa shape index (κ1) is 25.5. The lowest BCUT2D eigenvalue weighted by atomic mass is 9.75. The van der Waals surface area contributed by atoms with Gasteiger partial charge in [-0.3, -0.25) is 9.59 Å². The first-order valence-electron chi connectivity index (χ1n) is 12.3. The second kappa shape index (κ2) is 11.4. The number of aliphatic carboxylic acids is 1. The van der Waals surface area contributed by atoms with Crippen LogP contribution in [0.5, 0.6) is 0 Å². The lowest BCUT2D eigenvalue weighted by Gasteiger charge is -2.28. The number of aromatic amines is 1. The maximum Gasteiger partial charge on any atom is 0.305 e. The van der Waals surface area contributed by atoms with Crippen LogP contribution in [-0.2, 0) is 4.79 Å². The highest BCUT2D eigenvalue weighted by molar-refractivity contribution is 6.30. The van der Waals surface area contributed by atoms with Crippen molar-refractivity contribution in [1.29, 1.82) is 0 Å². The van der Waals surface area contributed by atoms with Crippen LogP contribution in [0.2, 0.25) is 5.02 Å². The quantitative estimate of drug-likeness (QED) is 0.217. The number of rotatable bonds is 10. The van der Waals surface area contributed by atoms with Crippen molar-refractivity contribution < 1.29 is 14.7 Å². The van der Waals surface area contributed by atoms with Crippen LogP contribution in [0.3, 0.4) is 0 Å². The molecule has 1 heterocycles. The number of carbonyl (C=O) groups excluding carboxylic acids is 1. The van der Waals surface area contributed by atoms with Crippen LogP contribution in [0, 0.1) is 6.92 Å². The Morgan fingerprint density at radius 1 is 1.00 bits per heavy atom. The van der Waals surface area contributed by atoms with E-state index < -0.39 is 5.97 Å². The molecule has 0 spiro atoms. The van der Waals surface area contributed by atoms with Crippen molar-refractivity contribution in [3.63, 3.8) is 0 Å². The Kier molecular flexibility index (Phi) is 8.11. The summed E-state index contributed by atoms with van der Waals surface area (Å²) in [6, 6.07) is 22.2. The van der Waals surface area contributed by atoms with Crippen molar-refractivity contribution in [3.8, 4) is 0 Å². The van der Waals surface area contributed by atoms with Crippen LogP contribution >= 0.6 is 11.6 Å². The van der Waals surface area contributed by atoms with Gasteiger partial charge in [-0.05, 0) is 65.8 Å². The molecule has 0 radical (unpaired) electrons. The third-order valence-electron chi connectivity index (χ3n) is 6.75. The predicted molar refractivity (Wildman–Crippen MR) is 145 cm³/mol. The van der Waals surface area contributed by atoms with Gasteiger partial charge < -0.3 is 15.4 Å². The summed E-state index contributed by atoms with van der Waals surface area (Å²) in [5, 5.41) is 13.4. The fourth-order valence-electron chi connectivity index (χ4n) is 4.99. The molecular weight excluding hydrogens is 472 g/mol. The standard InChI is InChI=1S/C30H31ClN2O3/c1-3-5-24(20-8-10-22(11-9-20)30(36)32-17-16-27(34)35)28(21-12-14-23(31)15-13-21)26-18-33-29-19(2)6-4-7-25(26)29/h4,6-15,18,24,28,33H,3,5,16-17H2,1-2H3,(H,32,36)(H,34,35). The molecule has 0 aliphatic rings. The Labute approximate surface area is 216 Å². The zero-order chi connectivity index (χ0) is 25.7. The number of aromatic nitrogens is 1. The Bertz CT molecular complexity index is 1340. The number of H-pyrrole nitrogens is 1. The van der Waals surface area contributed by atoms with Gasteiger partial charge in [-0.15, -0.1) is 0 Å². The summed E-state index contributed by atoms with van der Waals surface area (Å²) in [6.45, 7) is 4.41. The Morgan fingerprint density at radius 3 is 2.36 bits per heavy atom. The molecule has 6 heteroatoms. The normalized spacial score (nSPS) is 12.9. The molecule has 5 nitrogen and oxygen atoms in total. The number of halogens is 1. The van der Waals surface area contributed by atoms with E-state index in [0.717, 1.165) is 23.9 Å². The number of hydrogen-bond acceptors (Lipinski definition) is 2. The molecule has 36 heavy (non-hydrogen) atoms. The maximum absolute atomic E-state index is 12.5. The maximum atomic E-state index is 12.5. The highest BCUT2D eigenvalue weighted by Crippen LogP contribution is 2.44. The monoisotopic (exact) mass is 502 g/mol. The average Bonchev–Trinajstić information content (AvgIpc) is 3.30. The van der Waals surface area contributed by atoms with E-state index in [4.69, 9.17) is 16.7 Å². The van der Waals surface area contributed by atoms with Crippen LogP contribution in [0.15, 0.2) is 72.9 Å². The summed E-state index contributed by atoms with van der Waals surface area (Å²) in [7, 11) is 0. The summed E-state index contributed by atoms with van der Waals surface area (Å²) < 4.78 is 0. The molecule has 4 aromatic rings. The van der Waals surface area contributed by atoms with E-state index in [9.17, 15) is 9.59 Å². The molecule has 0 saturated carbocycles. The molecule has 1 amide bonds. The van der Waals surface area contributed by atoms with Crippen LogP contribution in [0.25, 0.3) is 10.9 Å². The number of benzene rings is 3. The largest absolute Gasteiger partial charge is 0.481 e. The topological polar surface area (TPSA) is 82.2 Å². The minimum atomic E-state index is -0.936. The molecule has 186 valence electrons. The van der Waals surface area contributed by atoms with Gasteiger partial charge in [-0.2, -0.15) is 0 Å². The minimum Gasteiger partial charge on any atom is -0.481 e. The molecule has 1 aromatic heterocycles. The second-order valence-corrected chi connectivity index (χ2v) is 9.62. The lowest BCUT2D eigenvalue weighted by Crippen LogP contribution is -2.26. The highest BCUT2D eigenvalue weighted by Gasteiger charge is 2.28. The van der Waals surface area contributed by atoms with E-state index in [0.29, 0.717) is 10.6 Å². The van der Waals surface area contributed by atoms with Crippen molar-refractivity contribution in [1.82, 2.24) is 10.3 Å². The van der Waals surface area contributed by atoms with Gasteiger partial charge in [-0.25, -0.2) is 0 Å². The molecule has 2 unspecified atom stereocenters. The van der Waals surface area contributed by atoms with E-state index in [1.165, 1.54) is 22.1 Å². The van der Waals surface area contributed by atoms with Gasteiger partial charge in [0, 0.05) is 40.1 Å². The van der Waals surface area contributed by atoms with E-state index in [2.05, 4.69) is 60.7 Å². The number of carboxylic acid groups (broad SMARTS) is 1.